The molecular weight excluding hydrogens is 224 g/mol. The summed E-state index contributed by atoms with van der Waals surface area (Å²) in [5, 5.41) is 0.584. The first kappa shape index (κ1) is 11.0. The van der Waals surface area contributed by atoms with Crippen molar-refractivity contribution < 1.29 is 4.74 Å². The zero-order valence-electron chi connectivity index (χ0n) is 9.22. The summed E-state index contributed by atoms with van der Waals surface area (Å²) in [6, 6.07) is 10.3. The lowest BCUT2D eigenvalue weighted by molar-refractivity contribution is 0.396. The maximum atomic E-state index is 6.03. The molecule has 0 fully saturated rings. The lowest BCUT2D eigenvalue weighted by Gasteiger charge is -2.12. The first-order chi connectivity index (χ1) is 7.68. The molecular formula is C12H13ClN2O. The second kappa shape index (κ2) is 4.58. The van der Waals surface area contributed by atoms with Crippen molar-refractivity contribution >= 4 is 11.6 Å². The summed E-state index contributed by atoms with van der Waals surface area (Å²) in [7, 11) is 0. The Bertz CT molecular complexity index is 465. The molecule has 4 heteroatoms. The van der Waals surface area contributed by atoms with E-state index in [0.717, 1.165) is 5.75 Å². The standard InChI is InChI=1S/C12H13ClN2O/c1-9(2)15-11(13)8-14-12(15)16-10-6-4-3-5-7-10/h3-9H,1-2H3. The molecule has 84 valence electrons. The smallest absolute Gasteiger partial charge is 0.303 e. The number of halogens is 1. The van der Waals surface area contributed by atoms with Crippen molar-refractivity contribution in [3.05, 3.63) is 41.7 Å². The van der Waals surface area contributed by atoms with Crippen molar-refractivity contribution in [3.8, 4) is 11.8 Å². The number of rotatable bonds is 3. The van der Waals surface area contributed by atoms with Crippen molar-refractivity contribution in [1.29, 1.82) is 0 Å². The van der Waals surface area contributed by atoms with Gasteiger partial charge in [-0.1, -0.05) is 29.8 Å². The van der Waals surface area contributed by atoms with E-state index in [1.54, 1.807) is 6.20 Å². The molecule has 0 amide bonds. The number of imidazole rings is 1. The molecule has 0 saturated heterocycles. The average molecular weight is 237 g/mol. The van der Waals surface area contributed by atoms with Crippen LogP contribution in [0.4, 0.5) is 0 Å². The maximum absolute atomic E-state index is 6.03. The van der Waals surface area contributed by atoms with E-state index in [1.165, 1.54) is 0 Å². The summed E-state index contributed by atoms with van der Waals surface area (Å²) >= 11 is 6.03. The minimum atomic E-state index is 0.216. The summed E-state index contributed by atoms with van der Waals surface area (Å²) in [6.45, 7) is 4.07. The van der Waals surface area contributed by atoms with E-state index < -0.39 is 0 Å². The minimum Gasteiger partial charge on any atom is -0.425 e. The minimum absolute atomic E-state index is 0.216. The fraction of sp³-hybridized carbons (Fsp3) is 0.250. The van der Waals surface area contributed by atoms with Crippen molar-refractivity contribution in [2.75, 3.05) is 0 Å². The Balaban J connectivity index is 2.29. The third-order valence-electron chi connectivity index (χ3n) is 2.19. The van der Waals surface area contributed by atoms with Crippen molar-refractivity contribution in [3.63, 3.8) is 0 Å². The molecule has 0 radical (unpaired) electrons. The molecule has 1 aromatic carbocycles. The van der Waals surface area contributed by atoms with E-state index in [2.05, 4.69) is 4.98 Å². The van der Waals surface area contributed by atoms with Crippen LogP contribution in [0.5, 0.6) is 11.8 Å². The number of aromatic nitrogens is 2. The SMILES string of the molecule is CC(C)n1c(Cl)cnc1Oc1ccccc1. The molecule has 0 aliphatic heterocycles. The van der Waals surface area contributed by atoms with Gasteiger partial charge in [0.05, 0.1) is 6.20 Å². The largest absolute Gasteiger partial charge is 0.425 e. The fourth-order valence-electron chi connectivity index (χ4n) is 1.46. The van der Waals surface area contributed by atoms with Crippen LogP contribution in [0.15, 0.2) is 36.5 Å². The second-order valence-corrected chi connectivity index (χ2v) is 4.13. The molecule has 0 unspecified atom stereocenters. The highest BCUT2D eigenvalue weighted by Gasteiger charge is 2.12. The van der Waals surface area contributed by atoms with E-state index >= 15 is 0 Å². The first-order valence-corrected chi connectivity index (χ1v) is 5.52. The Morgan fingerprint density at radius 3 is 2.56 bits per heavy atom. The van der Waals surface area contributed by atoms with Crippen LogP contribution in [0.1, 0.15) is 19.9 Å². The van der Waals surface area contributed by atoms with Gasteiger partial charge in [-0.2, -0.15) is 0 Å². The highest BCUT2D eigenvalue weighted by atomic mass is 35.5. The zero-order chi connectivity index (χ0) is 11.5. The molecule has 0 bridgehead atoms. The predicted molar refractivity (Wildman–Crippen MR) is 64.1 cm³/mol. The Kier molecular flexibility index (Phi) is 3.15. The van der Waals surface area contributed by atoms with E-state index in [0.29, 0.717) is 11.2 Å². The maximum Gasteiger partial charge on any atom is 0.303 e. The summed E-state index contributed by atoms with van der Waals surface area (Å²) in [5.74, 6) is 0.756. The van der Waals surface area contributed by atoms with Crippen LogP contribution in [-0.2, 0) is 0 Å². The first-order valence-electron chi connectivity index (χ1n) is 5.14. The number of benzene rings is 1. The van der Waals surface area contributed by atoms with E-state index in [4.69, 9.17) is 16.3 Å². The number of ether oxygens (including phenoxy) is 1. The molecule has 3 nitrogen and oxygen atoms in total. The van der Waals surface area contributed by atoms with Gasteiger partial charge in [0.15, 0.2) is 0 Å². The molecule has 0 atom stereocenters. The monoisotopic (exact) mass is 236 g/mol. The Morgan fingerprint density at radius 1 is 1.25 bits per heavy atom. The van der Waals surface area contributed by atoms with Crippen LogP contribution in [0, 0.1) is 0 Å². The highest BCUT2D eigenvalue weighted by molar-refractivity contribution is 6.29. The van der Waals surface area contributed by atoms with E-state index in [-0.39, 0.29) is 6.04 Å². The van der Waals surface area contributed by atoms with Gasteiger partial charge in [-0.05, 0) is 26.0 Å². The Labute approximate surface area is 99.6 Å². The summed E-state index contributed by atoms with van der Waals surface area (Å²) in [5.41, 5.74) is 0. The van der Waals surface area contributed by atoms with Gasteiger partial charge in [-0.3, -0.25) is 4.57 Å². The molecule has 0 N–H and O–H groups in total. The van der Waals surface area contributed by atoms with Gasteiger partial charge in [0.25, 0.3) is 0 Å². The molecule has 0 spiro atoms. The lowest BCUT2D eigenvalue weighted by atomic mass is 10.3. The van der Waals surface area contributed by atoms with Crippen LogP contribution in [-0.4, -0.2) is 9.55 Å². The molecule has 0 saturated carbocycles. The summed E-state index contributed by atoms with van der Waals surface area (Å²) in [4.78, 5) is 4.14. The number of hydrogen-bond acceptors (Lipinski definition) is 2. The van der Waals surface area contributed by atoms with Gasteiger partial charge in [-0.25, -0.2) is 4.98 Å². The van der Waals surface area contributed by atoms with Crippen molar-refractivity contribution in [2.45, 2.75) is 19.9 Å². The van der Waals surface area contributed by atoms with Gasteiger partial charge >= 0.3 is 6.01 Å². The van der Waals surface area contributed by atoms with Gasteiger partial charge in [0.1, 0.15) is 10.9 Å². The molecule has 2 rings (SSSR count). The molecule has 2 aromatic rings. The lowest BCUT2D eigenvalue weighted by Crippen LogP contribution is -2.03. The summed E-state index contributed by atoms with van der Waals surface area (Å²) < 4.78 is 7.50. The zero-order valence-corrected chi connectivity index (χ0v) is 9.98. The third kappa shape index (κ3) is 2.19. The van der Waals surface area contributed by atoms with E-state index in [9.17, 15) is 0 Å². The van der Waals surface area contributed by atoms with Gasteiger partial charge < -0.3 is 4.74 Å². The van der Waals surface area contributed by atoms with Crippen LogP contribution >= 0.6 is 11.6 Å². The quantitative estimate of drug-likeness (QED) is 0.808. The Morgan fingerprint density at radius 2 is 1.94 bits per heavy atom. The molecule has 0 aliphatic carbocycles. The number of nitrogens with zero attached hydrogens (tertiary/aromatic N) is 2. The number of hydrogen-bond donors (Lipinski definition) is 0. The third-order valence-corrected chi connectivity index (χ3v) is 2.47. The Hall–Kier alpha value is -1.48. The van der Waals surface area contributed by atoms with Crippen LogP contribution < -0.4 is 4.74 Å². The van der Waals surface area contributed by atoms with Gasteiger partial charge in [-0.15, -0.1) is 0 Å². The van der Waals surface area contributed by atoms with Crippen LogP contribution in [0.25, 0.3) is 0 Å². The van der Waals surface area contributed by atoms with Crippen LogP contribution in [0.3, 0.4) is 0 Å². The molecule has 0 aliphatic rings. The topological polar surface area (TPSA) is 27.1 Å². The summed E-state index contributed by atoms with van der Waals surface area (Å²) in [6.07, 6.45) is 1.60. The normalized spacial score (nSPS) is 10.8. The van der Waals surface area contributed by atoms with E-state index in [1.807, 2.05) is 48.7 Å². The number of para-hydroxylation sites is 1. The van der Waals surface area contributed by atoms with Crippen molar-refractivity contribution in [2.24, 2.45) is 0 Å². The fourth-order valence-corrected chi connectivity index (χ4v) is 1.78. The van der Waals surface area contributed by atoms with Gasteiger partial charge in [0.2, 0.25) is 0 Å². The molecule has 1 aromatic heterocycles. The average Bonchev–Trinajstić information content (AvgIpc) is 2.61. The van der Waals surface area contributed by atoms with Gasteiger partial charge in [0, 0.05) is 6.04 Å². The van der Waals surface area contributed by atoms with Crippen molar-refractivity contribution in [1.82, 2.24) is 9.55 Å². The molecule has 1 heterocycles. The second-order valence-electron chi connectivity index (χ2n) is 3.74. The molecule has 16 heavy (non-hydrogen) atoms. The van der Waals surface area contributed by atoms with Crippen LogP contribution in [0.2, 0.25) is 5.15 Å². The highest BCUT2D eigenvalue weighted by Crippen LogP contribution is 2.27. The predicted octanol–water partition coefficient (Wildman–Crippen LogP) is 3.91.